The van der Waals surface area contributed by atoms with Crippen molar-refractivity contribution in [1.29, 1.82) is 5.26 Å². The van der Waals surface area contributed by atoms with Gasteiger partial charge in [-0.05, 0) is 29.8 Å². The highest BCUT2D eigenvalue weighted by atomic mass is 32.2. The predicted octanol–water partition coefficient (Wildman–Crippen LogP) is 2.78. The maximum Gasteiger partial charge on any atom is 0.264 e. The number of ether oxygens (including phenoxy) is 1. The smallest absolute Gasteiger partial charge is 0.264 e. The largest absolute Gasteiger partial charge is 0.439 e. The van der Waals surface area contributed by atoms with Crippen LogP contribution in [-0.4, -0.2) is 15.5 Å². The predicted molar refractivity (Wildman–Crippen MR) is 97.7 cm³/mol. The first-order valence-electron chi connectivity index (χ1n) is 8.02. The zero-order valence-electron chi connectivity index (χ0n) is 14.2. The van der Waals surface area contributed by atoms with Crippen molar-refractivity contribution in [1.82, 2.24) is 0 Å². The second-order valence-corrected chi connectivity index (χ2v) is 8.10. The minimum Gasteiger partial charge on any atom is -0.439 e. The molecule has 0 radical (unpaired) electrons. The Hall–Kier alpha value is -3.31. The van der Waals surface area contributed by atoms with Gasteiger partial charge < -0.3 is 10.5 Å². The Morgan fingerprint density at radius 3 is 2.52 bits per heavy atom. The lowest BCUT2D eigenvalue weighted by Crippen LogP contribution is -2.37. The molecular formula is C19H14FN3O3S. The van der Waals surface area contributed by atoms with Crippen LogP contribution < -0.4 is 10.0 Å². The van der Waals surface area contributed by atoms with Gasteiger partial charge >= 0.3 is 0 Å². The molecule has 136 valence electrons. The summed E-state index contributed by atoms with van der Waals surface area (Å²) in [5.74, 6) is -1.53. The van der Waals surface area contributed by atoms with Crippen LogP contribution in [0.5, 0.6) is 0 Å². The third-order valence-corrected chi connectivity index (χ3v) is 6.60. The molecular weight excluding hydrogens is 369 g/mol. The fourth-order valence-corrected chi connectivity index (χ4v) is 5.03. The number of hydrogen-bond donors (Lipinski definition) is 1. The van der Waals surface area contributed by atoms with Crippen LogP contribution in [0.4, 0.5) is 10.1 Å². The Morgan fingerprint density at radius 1 is 1.19 bits per heavy atom. The molecule has 0 bridgehead atoms. The third kappa shape index (κ3) is 2.39. The van der Waals surface area contributed by atoms with Crippen LogP contribution in [0.25, 0.3) is 5.76 Å². The number of allylic oxidation sites excluding steroid dienone is 2. The molecule has 27 heavy (non-hydrogen) atoms. The number of hydrogen-bond acceptors (Lipinski definition) is 5. The Labute approximate surface area is 155 Å². The van der Waals surface area contributed by atoms with Gasteiger partial charge in [0.15, 0.2) is 5.76 Å². The van der Waals surface area contributed by atoms with Gasteiger partial charge in [-0.25, -0.2) is 12.8 Å². The highest BCUT2D eigenvalue weighted by molar-refractivity contribution is 7.96. The number of nitrogens with zero attached hydrogens (tertiary/aromatic N) is 2. The molecule has 1 atom stereocenters. The standard InChI is InChI=1S/C19H14FN3O3S/c1-23-15-5-3-2-4-13(15)17-18(27(23,24)25)16(14(10-21)19(22)26-17)11-6-8-12(20)9-7-11/h2-9,16H,22H2,1H3/t16-/m1/s1. The van der Waals surface area contributed by atoms with Gasteiger partial charge in [0.1, 0.15) is 22.4 Å². The zero-order chi connectivity index (χ0) is 19.3. The quantitative estimate of drug-likeness (QED) is 0.817. The zero-order valence-corrected chi connectivity index (χ0v) is 15.0. The van der Waals surface area contributed by atoms with Crippen LogP contribution in [0.1, 0.15) is 17.0 Å². The fraction of sp³-hybridized carbons (Fsp3) is 0.105. The van der Waals surface area contributed by atoms with Crippen LogP contribution in [0, 0.1) is 17.1 Å². The Bertz CT molecular complexity index is 1160. The van der Waals surface area contributed by atoms with E-state index in [1.165, 1.54) is 31.3 Å². The van der Waals surface area contributed by atoms with Gasteiger partial charge in [-0.1, -0.05) is 24.3 Å². The van der Waals surface area contributed by atoms with E-state index in [0.29, 0.717) is 16.8 Å². The number of anilines is 1. The fourth-order valence-electron chi connectivity index (χ4n) is 3.38. The number of nitriles is 1. The molecule has 0 unspecified atom stereocenters. The highest BCUT2D eigenvalue weighted by Gasteiger charge is 2.46. The van der Waals surface area contributed by atoms with Crippen molar-refractivity contribution in [3.8, 4) is 6.07 Å². The van der Waals surface area contributed by atoms with Crippen LogP contribution in [0.3, 0.4) is 0 Å². The lowest BCUT2D eigenvalue weighted by Gasteiger charge is -2.36. The van der Waals surface area contributed by atoms with Gasteiger partial charge in [-0.3, -0.25) is 4.31 Å². The van der Waals surface area contributed by atoms with Crippen molar-refractivity contribution < 1.29 is 17.5 Å². The molecule has 2 aliphatic rings. The lowest BCUT2D eigenvalue weighted by molar-refractivity contribution is 0.357. The van der Waals surface area contributed by atoms with Crippen LogP contribution in [0.2, 0.25) is 0 Å². The molecule has 0 saturated heterocycles. The number of halogens is 1. The molecule has 6 nitrogen and oxygen atoms in total. The van der Waals surface area contributed by atoms with Crippen LogP contribution in [-0.2, 0) is 14.8 Å². The number of benzene rings is 2. The monoisotopic (exact) mass is 383 g/mol. The molecule has 0 saturated carbocycles. The van der Waals surface area contributed by atoms with Crippen molar-refractivity contribution >= 4 is 21.5 Å². The molecule has 0 aliphatic carbocycles. The van der Waals surface area contributed by atoms with Crippen LogP contribution in [0.15, 0.2) is 64.9 Å². The summed E-state index contributed by atoms with van der Waals surface area (Å²) in [7, 11) is -2.56. The summed E-state index contributed by atoms with van der Waals surface area (Å²) in [6, 6.07) is 14.1. The van der Waals surface area contributed by atoms with E-state index in [0.717, 1.165) is 4.31 Å². The molecule has 0 fully saturated rings. The lowest BCUT2D eigenvalue weighted by atomic mass is 9.88. The summed E-state index contributed by atoms with van der Waals surface area (Å²) in [4.78, 5) is -0.0824. The second kappa shape index (κ2) is 5.86. The maximum atomic E-state index is 13.4. The molecule has 0 aromatic heterocycles. The van der Waals surface area contributed by atoms with Gasteiger partial charge in [0.25, 0.3) is 10.0 Å². The Balaban J connectivity index is 2.07. The number of fused-ring (bicyclic) bond motifs is 2. The molecule has 2 aromatic carbocycles. The number of sulfonamides is 1. The highest BCUT2D eigenvalue weighted by Crippen LogP contribution is 2.50. The summed E-state index contributed by atoms with van der Waals surface area (Å²) in [6.07, 6.45) is 0. The van der Waals surface area contributed by atoms with Gasteiger partial charge in [-0.2, -0.15) is 5.26 Å². The summed E-state index contributed by atoms with van der Waals surface area (Å²) >= 11 is 0. The van der Waals surface area contributed by atoms with Gasteiger partial charge in [0.2, 0.25) is 5.88 Å². The average Bonchev–Trinajstić information content (AvgIpc) is 2.66. The van der Waals surface area contributed by atoms with E-state index >= 15 is 0 Å². The topological polar surface area (TPSA) is 96.4 Å². The first-order chi connectivity index (χ1) is 12.9. The van der Waals surface area contributed by atoms with Crippen molar-refractivity contribution in [2.75, 3.05) is 11.4 Å². The second-order valence-electron chi connectivity index (χ2n) is 6.16. The Morgan fingerprint density at radius 2 is 1.85 bits per heavy atom. The number of para-hydroxylation sites is 1. The molecule has 2 heterocycles. The molecule has 0 amide bonds. The summed E-state index contributed by atoms with van der Waals surface area (Å²) in [6.45, 7) is 0. The van der Waals surface area contributed by atoms with E-state index < -0.39 is 21.8 Å². The van der Waals surface area contributed by atoms with Crippen LogP contribution >= 0.6 is 0 Å². The normalized spacial score (nSPS) is 20.5. The summed E-state index contributed by atoms with van der Waals surface area (Å²) < 4.78 is 46.7. The molecule has 2 aliphatic heterocycles. The number of nitrogens with two attached hydrogens (primary N) is 1. The SMILES string of the molecule is CN1c2ccccc2C2=C([C@H](c3ccc(F)cc3)C(C#N)=C(N)O2)S1(=O)=O. The van der Waals surface area contributed by atoms with E-state index in [2.05, 4.69) is 0 Å². The third-order valence-electron chi connectivity index (χ3n) is 4.70. The minimum absolute atomic E-state index is 0.0308. The van der Waals surface area contributed by atoms with Gasteiger partial charge in [0, 0.05) is 12.6 Å². The van der Waals surface area contributed by atoms with Gasteiger partial charge in [-0.15, -0.1) is 0 Å². The molecule has 8 heteroatoms. The summed E-state index contributed by atoms with van der Waals surface area (Å²) in [5, 5.41) is 9.60. The summed E-state index contributed by atoms with van der Waals surface area (Å²) in [5.41, 5.74) is 7.35. The van der Waals surface area contributed by atoms with Gasteiger partial charge in [0.05, 0.1) is 11.6 Å². The number of rotatable bonds is 1. The minimum atomic E-state index is -4.00. The first-order valence-corrected chi connectivity index (χ1v) is 9.46. The first kappa shape index (κ1) is 17.1. The molecule has 2 aromatic rings. The van der Waals surface area contributed by atoms with Crippen molar-refractivity contribution in [3.05, 3.63) is 81.8 Å². The van der Waals surface area contributed by atoms with Crippen molar-refractivity contribution in [2.24, 2.45) is 5.73 Å². The molecule has 4 rings (SSSR count). The van der Waals surface area contributed by atoms with E-state index in [4.69, 9.17) is 10.5 Å². The van der Waals surface area contributed by atoms with E-state index in [1.807, 2.05) is 6.07 Å². The van der Waals surface area contributed by atoms with Crippen molar-refractivity contribution in [3.63, 3.8) is 0 Å². The average molecular weight is 383 g/mol. The molecule has 2 N–H and O–H groups in total. The molecule has 0 spiro atoms. The van der Waals surface area contributed by atoms with E-state index in [-0.39, 0.29) is 22.1 Å². The Kier molecular flexibility index (Phi) is 3.71. The maximum absolute atomic E-state index is 13.4. The van der Waals surface area contributed by atoms with Crippen molar-refractivity contribution in [2.45, 2.75) is 5.92 Å². The van der Waals surface area contributed by atoms with E-state index in [1.54, 1.807) is 24.3 Å². The van der Waals surface area contributed by atoms with E-state index in [9.17, 15) is 18.1 Å².